The van der Waals surface area contributed by atoms with Crippen molar-refractivity contribution in [3.63, 3.8) is 0 Å². The van der Waals surface area contributed by atoms with Gasteiger partial charge < -0.3 is 15.5 Å². The van der Waals surface area contributed by atoms with Gasteiger partial charge in [0.2, 0.25) is 5.13 Å². The number of aromatic nitrogens is 4. The van der Waals surface area contributed by atoms with Gasteiger partial charge in [0, 0.05) is 22.0 Å². The maximum atomic E-state index is 11.8. The molecule has 2 aromatic heterocycles. The van der Waals surface area contributed by atoms with Crippen LogP contribution in [-0.4, -0.2) is 32.1 Å². The summed E-state index contributed by atoms with van der Waals surface area (Å²) < 4.78 is 44.9. The summed E-state index contributed by atoms with van der Waals surface area (Å²) in [7, 11) is -4.90. The molecule has 4 aromatic rings. The SMILES string of the molecule is Cc1nn(-c2cc(SOO[O-])ccc2S(=O)(=O)[O-])c(N)c1N=Nc1nc(-c2ccccc2)ns1.[Na+].[Na+]. The van der Waals surface area contributed by atoms with E-state index in [1.165, 1.54) is 12.1 Å². The third kappa shape index (κ3) is 7.19. The van der Waals surface area contributed by atoms with Crippen molar-refractivity contribution < 1.29 is 86.7 Å². The van der Waals surface area contributed by atoms with Gasteiger partial charge in [0.25, 0.3) is 0 Å². The van der Waals surface area contributed by atoms with Gasteiger partial charge >= 0.3 is 59.1 Å². The van der Waals surface area contributed by atoms with Crippen LogP contribution >= 0.6 is 23.6 Å². The molecule has 0 aliphatic rings. The fourth-order valence-electron chi connectivity index (χ4n) is 2.88. The van der Waals surface area contributed by atoms with Gasteiger partial charge in [0.1, 0.15) is 10.1 Å². The van der Waals surface area contributed by atoms with Crippen LogP contribution in [0.3, 0.4) is 0 Å². The van der Waals surface area contributed by atoms with Gasteiger partial charge in [0.05, 0.1) is 28.3 Å². The largest absolute Gasteiger partial charge is 1.00 e. The van der Waals surface area contributed by atoms with E-state index in [2.05, 4.69) is 34.1 Å². The molecule has 0 fully saturated rings. The average molecular weight is 566 g/mol. The second-order valence-electron chi connectivity index (χ2n) is 6.50. The summed E-state index contributed by atoms with van der Waals surface area (Å²) in [6, 6.07) is 12.9. The Bertz CT molecular complexity index is 1470. The Labute approximate surface area is 257 Å². The van der Waals surface area contributed by atoms with E-state index in [9.17, 15) is 18.2 Å². The summed E-state index contributed by atoms with van der Waals surface area (Å²) >= 11 is 1.53. The van der Waals surface area contributed by atoms with Crippen LogP contribution < -0.4 is 70.1 Å². The molecular formula is C18H13N7Na2O6S3. The fourth-order valence-corrected chi connectivity index (χ4v) is 4.42. The van der Waals surface area contributed by atoms with Crippen LogP contribution in [0.2, 0.25) is 0 Å². The Kier molecular flexibility index (Phi) is 11.6. The average Bonchev–Trinajstić information content (AvgIpc) is 3.40. The summed E-state index contributed by atoms with van der Waals surface area (Å²) in [5.41, 5.74) is 7.26. The minimum atomic E-state index is -4.90. The van der Waals surface area contributed by atoms with E-state index in [1.807, 2.05) is 30.3 Å². The molecule has 0 unspecified atom stereocenters. The molecule has 0 saturated carbocycles. The first-order valence-corrected chi connectivity index (χ1v) is 12.1. The van der Waals surface area contributed by atoms with E-state index in [-0.39, 0.29) is 86.3 Å². The molecule has 0 aliphatic carbocycles. The Morgan fingerprint density at radius 3 is 2.53 bits per heavy atom. The normalized spacial score (nSPS) is 11.3. The third-order valence-electron chi connectivity index (χ3n) is 4.33. The number of benzene rings is 2. The molecule has 13 nitrogen and oxygen atoms in total. The van der Waals surface area contributed by atoms with E-state index in [1.54, 1.807) is 6.92 Å². The quantitative estimate of drug-likeness (QED) is 0.0566. The Balaban J connectivity index is 0.00000228. The molecular weight excluding hydrogens is 552 g/mol. The molecule has 0 spiro atoms. The first kappa shape index (κ1) is 31.0. The molecule has 36 heavy (non-hydrogen) atoms. The number of rotatable bonds is 8. The summed E-state index contributed by atoms with van der Waals surface area (Å²) in [5, 5.41) is 26.0. The summed E-state index contributed by atoms with van der Waals surface area (Å²) in [4.78, 5) is 3.97. The molecule has 0 atom stereocenters. The zero-order valence-corrected chi connectivity index (χ0v) is 25.5. The minimum absolute atomic E-state index is 0. The second kappa shape index (κ2) is 13.5. The van der Waals surface area contributed by atoms with Gasteiger partial charge in [-0.15, -0.1) is 10.2 Å². The summed E-state index contributed by atoms with van der Waals surface area (Å²) in [6.45, 7) is 1.58. The van der Waals surface area contributed by atoms with Crippen LogP contribution in [0.25, 0.3) is 17.1 Å². The van der Waals surface area contributed by atoms with Crippen molar-refractivity contribution in [3.8, 4) is 17.1 Å². The maximum Gasteiger partial charge on any atom is 1.00 e. The molecule has 176 valence electrons. The Hall–Kier alpha value is -1.25. The zero-order valence-electron chi connectivity index (χ0n) is 19.1. The van der Waals surface area contributed by atoms with Crippen molar-refractivity contribution in [2.24, 2.45) is 10.2 Å². The van der Waals surface area contributed by atoms with Crippen LogP contribution in [-0.2, 0) is 19.5 Å². The van der Waals surface area contributed by atoms with Crippen LogP contribution in [0.15, 0.2) is 68.6 Å². The summed E-state index contributed by atoms with van der Waals surface area (Å²) in [6.07, 6.45) is 0. The number of hydrogen-bond donors (Lipinski definition) is 1. The summed E-state index contributed by atoms with van der Waals surface area (Å²) in [5.74, 6) is 0.408. The second-order valence-corrected chi connectivity index (χ2v) is 9.35. The molecule has 2 N–H and O–H groups in total. The van der Waals surface area contributed by atoms with Crippen LogP contribution in [0.1, 0.15) is 5.69 Å². The van der Waals surface area contributed by atoms with Crippen molar-refractivity contribution in [2.75, 3.05) is 5.73 Å². The van der Waals surface area contributed by atoms with E-state index < -0.39 is 15.0 Å². The van der Waals surface area contributed by atoms with Gasteiger partial charge in [-0.3, -0.25) is 5.04 Å². The van der Waals surface area contributed by atoms with Gasteiger partial charge in [-0.1, -0.05) is 30.3 Å². The predicted octanol–water partition coefficient (Wildman–Crippen LogP) is -3.16. The van der Waals surface area contributed by atoms with E-state index >= 15 is 0 Å². The van der Waals surface area contributed by atoms with Gasteiger partial charge in [0.15, 0.2) is 17.3 Å². The third-order valence-corrected chi connectivity index (χ3v) is 6.39. The molecule has 2 aromatic carbocycles. The van der Waals surface area contributed by atoms with E-state index in [4.69, 9.17) is 5.73 Å². The molecule has 0 aliphatic heterocycles. The van der Waals surface area contributed by atoms with Crippen molar-refractivity contribution in [1.82, 2.24) is 19.1 Å². The molecule has 0 radical (unpaired) electrons. The smallest absolute Gasteiger partial charge is 0.744 e. The number of aryl methyl sites for hydroxylation is 1. The Morgan fingerprint density at radius 2 is 1.86 bits per heavy atom. The van der Waals surface area contributed by atoms with Gasteiger partial charge in [-0.2, -0.15) is 18.8 Å². The number of anilines is 1. The van der Waals surface area contributed by atoms with Crippen molar-refractivity contribution in [3.05, 3.63) is 54.2 Å². The van der Waals surface area contributed by atoms with Crippen molar-refractivity contribution in [1.29, 1.82) is 0 Å². The molecule has 4 rings (SSSR count). The predicted molar refractivity (Wildman–Crippen MR) is 118 cm³/mol. The number of nitrogens with two attached hydrogens (primary N) is 1. The molecule has 18 heteroatoms. The van der Waals surface area contributed by atoms with Crippen LogP contribution in [0, 0.1) is 6.92 Å². The monoisotopic (exact) mass is 565 g/mol. The molecule has 0 bridgehead atoms. The number of azo groups is 1. The van der Waals surface area contributed by atoms with Crippen LogP contribution in [0.5, 0.6) is 0 Å². The van der Waals surface area contributed by atoms with E-state index in [0.717, 1.165) is 27.8 Å². The van der Waals surface area contributed by atoms with Gasteiger partial charge in [-0.25, -0.2) is 13.1 Å². The number of nitrogen functional groups attached to an aromatic ring is 1. The maximum absolute atomic E-state index is 11.8. The molecule has 0 saturated heterocycles. The van der Waals surface area contributed by atoms with Gasteiger partial charge in [-0.05, 0) is 25.1 Å². The number of hydrogen-bond acceptors (Lipinski definition) is 14. The standard InChI is InChI=1S/C18H15N7O6S3.2Na/c1-10-15(21-22-18-20-17(24-32-18)11-5-3-2-4-6-11)16(19)25(23-10)13-9-12(33-31-30-26)7-8-14(13)34(27,28)29;;/h2-9,26H,19H2,1H3,(H,27,28,29);;/q;2*+1/p-2. The zero-order chi connectivity index (χ0) is 24.3. The molecule has 0 amide bonds. The first-order chi connectivity index (χ1) is 16.3. The molecule has 2 heterocycles. The van der Waals surface area contributed by atoms with Crippen molar-refractivity contribution >= 4 is 50.3 Å². The first-order valence-electron chi connectivity index (χ1n) is 9.17. The topological polar surface area (TPSA) is 193 Å². The fraction of sp³-hybridized carbons (Fsp3) is 0.0556. The number of nitrogens with zero attached hydrogens (tertiary/aromatic N) is 6. The van der Waals surface area contributed by atoms with Crippen LogP contribution in [0.4, 0.5) is 16.6 Å². The van der Waals surface area contributed by atoms with Crippen molar-refractivity contribution in [2.45, 2.75) is 16.7 Å². The van der Waals surface area contributed by atoms with E-state index in [0.29, 0.717) is 23.6 Å². The minimum Gasteiger partial charge on any atom is -0.744 e. The Morgan fingerprint density at radius 1 is 1.14 bits per heavy atom.